The van der Waals surface area contributed by atoms with Gasteiger partial charge in [-0.15, -0.1) is 0 Å². The van der Waals surface area contributed by atoms with Gasteiger partial charge in [-0.25, -0.2) is 13.1 Å². The molecule has 2 bridgehead atoms. The molecule has 1 aromatic rings. The van der Waals surface area contributed by atoms with E-state index in [1.807, 2.05) is 6.92 Å². The third-order valence-electron chi connectivity index (χ3n) is 6.47. The van der Waals surface area contributed by atoms with Crippen LogP contribution in [0.3, 0.4) is 0 Å². The fourth-order valence-electron chi connectivity index (χ4n) is 4.48. The van der Waals surface area contributed by atoms with E-state index < -0.39 is 10.0 Å². The van der Waals surface area contributed by atoms with Crippen molar-refractivity contribution in [2.75, 3.05) is 6.54 Å². The minimum absolute atomic E-state index is 0.0835. The van der Waals surface area contributed by atoms with Crippen LogP contribution in [-0.4, -0.2) is 20.7 Å². The lowest BCUT2D eigenvalue weighted by Gasteiger charge is -2.36. The van der Waals surface area contributed by atoms with Gasteiger partial charge in [0.2, 0.25) is 10.0 Å². The summed E-state index contributed by atoms with van der Waals surface area (Å²) in [5, 5.41) is 0. The Morgan fingerprint density at radius 3 is 2.39 bits per heavy atom. The van der Waals surface area contributed by atoms with Crippen molar-refractivity contribution in [3.05, 3.63) is 29.8 Å². The summed E-state index contributed by atoms with van der Waals surface area (Å²) in [6.45, 7) is 6.54. The predicted molar refractivity (Wildman–Crippen MR) is 89.5 cm³/mol. The summed E-state index contributed by atoms with van der Waals surface area (Å²) < 4.78 is 27.4. The Morgan fingerprint density at radius 2 is 1.87 bits per heavy atom. The molecule has 2 aliphatic carbocycles. The summed E-state index contributed by atoms with van der Waals surface area (Å²) in [6.07, 6.45) is 3.41. The average molecular weight is 335 g/mol. The number of carbonyl (C=O) groups is 1. The molecular weight excluding hydrogens is 310 g/mol. The smallest absolute Gasteiger partial charge is 0.240 e. The van der Waals surface area contributed by atoms with Crippen molar-refractivity contribution >= 4 is 15.8 Å². The van der Waals surface area contributed by atoms with Crippen LogP contribution < -0.4 is 4.72 Å². The second-order valence-corrected chi connectivity index (χ2v) is 9.34. The Hall–Kier alpha value is -1.20. The first-order chi connectivity index (χ1) is 10.7. The number of sulfonamides is 1. The molecule has 3 rings (SSSR count). The molecule has 2 fully saturated rings. The van der Waals surface area contributed by atoms with Gasteiger partial charge in [0.1, 0.15) is 5.78 Å². The fraction of sp³-hybridized carbons (Fsp3) is 0.611. The quantitative estimate of drug-likeness (QED) is 0.899. The third kappa shape index (κ3) is 2.54. The van der Waals surface area contributed by atoms with Crippen LogP contribution in [0.15, 0.2) is 29.2 Å². The molecular formula is C18H25NO3S. The molecule has 0 unspecified atom stereocenters. The highest BCUT2D eigenvalue weighted by Crippen LogP contribution is 2.65. The van der Waals surface area contributed by atoms with Gasteiger partial charge in [0.25, 0.3) is 0 Å². The Morgan fingerprint density at radius 1 is 1.22 bits per heavy atom. The zero-order chi connectivity index (χ0) is 16.9. The minimum Gasteiger partial charge on any atom is -0.299 e. The van der Waals surface area contributed by atoms with E-state index in [2.05, 4.69) is 18.6 Å². The van der Waals surface area contributed by atoms with E-state index >= 15 is 0 Å². The second-order valence-electron chi connectivity index (χ2n) is 7.57. The van der Waals surface area contributed by atoms with E-state index in [0.29, 0.717) is 36.0 Å². The molecule has 23 heavy (non-hydrogen) atoms. The van der Waals surface area contributed by atoms with Gasteiger partial charge in [0.15, 0.2) is 0 Å². The predicted octanol–water partition coefficient (Wildman–Crippen LogP) is 3.06. The molecule has 0 amide bonds. The highest BCUT2D eigenvalue weighted by molar-refractivity contribution is 7.89. The summed E-state index contributed by atoms with van der Waals surface area (Å²) >= 11 is 0. The standard InChI is InChI=1S/C18H25NO3S/c1-13-4-6-15(7-5-13)23(21,22)19-11-10-17(2)14-8-9-18(17,3)16(20)12-14/h4-7,14,19H,8-12H2,1-3H3/t14-,17-,18+/m1/s1. The number of nitrogens with one attached hydrogen (secondary N) is 1. The SMILES string of the molecule is Cc1ccc(S(=O)(=O)NCC[C@]2(C)[C@@H]3CC[C@@]2(C)C(=O)C3)cc1. The molecule has 2 saturated carbocycles. The number of Topliss-reactive ketones (excluding diaryl/α,β-unsaturated/α-hetero) is 1. The molecule has 126 valence electrons. The minimum atomic E-state index is -3.48. The van der Waals surface area contributed by atoms with Gasteiger partial charge in [0.05, 0.1) is 4.90 Å². The Kier molecular flexibility index (Phi) is 3.92. The van der Waals surface area contributed by atoms with Crippen LogP contribution >= 0.6 is 0 Å². The Labute approximate surface area is 138 Å². The highest BCUT2D eigenvalue weighted by atomic mass is 32.2. The van der Waals surface area contributed by atoms with Crippen molar-refractivity contribution in [3.8, 4) is 0 Å². The van der Waals surface area contributed by atoms with E-state index in [4.69, 9.17) is 0 Å². The summed E-state index contributed by atoms with van der Waals surface area (Å²) in [4.78, 5) is 12.5. The molecule has 2 aliphatic rings. The molecule has 0 radical (unpaired) electrons. The number of benzene rings is 1. The maximum absolute atomic E-state index is 12.4. The number of hydrogen-bond donors (Lipinski definition) is 1. The number of ketones is 1. The van der Waals surface area contributed by atoms with Gasteiger partial charge in [-0.05, 0) is 49.7 Å². The van der Waals surface area contributed by atoms with Crippen molar-refractivity contribution in [2.24, 2.45) is 16.7 Å². The van der Waals surface area contributed by atoms with E-state index in [9.17, 15) is 13.2 Å². The number of hydrogen-bond acceptors (Lipinski definition) is 3. The van der Waals surface area contributed by atoms with Crippen molar-refractivity contribution in [1.82, 2.24) is 4.72 Å². The first kappa shape index (κ1) is 16.7. The maximum Gasteiger partial charge on any atom is 0.240 e. The van der Waals surface area contributed by atoms with E-state index in [-0.39, 0.29) is 10.8 Å². The van der Waals surface area contributed by atoms with Gasteiger partial charge in [-0.3, -0.25) is 4.79 Å². The maximum atomic E-state index is 12.4. The lowest BCUT2D eigenvalue weighted by atomic mass is 9.67. The van der Waals surface area contributed by atoms with Gasteiger partial charge in [-0.2, -0.15) is 0 Å². The number of fused-ring (bicyclic) bond motifs is 2. The molecule has 3 atom stereocenters. The summed E-state index contributed by atoms with van der Waals surface area (Å²) in [6, 6.07) is 6.85. The van der Waals surface area contributed by atoms with Crippen molar-refractivity contribution < 1.29 is 13.2 Å². The van der Waals surface area contributed by atoms with Crippen molar-refractivity contribution in [1.29, 1.82) is 0 Å². The van der Waals surface area contributed by atoms with Gasteiger partial charge in [0, 0.05) is 18.4 Å². The third-order valence-corrected chi connectivity index (χ3v) is 7.95. The van der Waals surface area contributed by atoms with Gasteiger partial charge in [-0.1, -0.05) is 31.5 Å². The summed E-state index contributed by atoms with van der Waals surface area (Å²) in [7, 11) is -3.48. The highest BCUT2D eigenvalue weighted by Gasteiger charge is 2.63. The monoisotopic (exact) mass is 335 g/mol. The number of rotatable bonds is 5. The van der Waals surface area contributed by atoms with Gasteiger partial charge >= 0.3 is 0 Å². The largest absolute Gasteiger partial charge is 0.299 e. The average Bonchev–Trinajstić information content (AvgIpc) is 2.83. The molecule has 1 aromatic carbocycles. The van der Waals surface area contributed by atoms with Crippen LogP contribution in [0, 0.1) is 23.7 Å². The van der Waals surface area contributed by atoms with E-state index in [0.717, 1.165) is 18.4 Å². The molecule has 4 nitrogen and oxygen atoms in total. The molecule has 0 heterocycles. The van der Waals surface area contributed by atoms with Crippen LogP contribution in [0.4, 0.5) is 0 Å². The number of aryl methyl sites for hydroxylation is 1. The zero-order valence-electron chi connectivity index (χ0n) is 14.1. The molecule has 0 spiro atoms. The van der Waals surface area contributed by atoms with Crippen LogP contribution in [0.2, 0.25) is 0 Å². The van der Waals surface area contributed by atoms with Crippen LogP contribution in [0.1, 0.15) is 45.1 Å². The lowest BCUT2D eigenvalue weighted by Crippen LogP contribution is -2.38. The van der Waals surface area contributed by atoms with Crippen molar-refractivity contribution in [3.63, 3.8) is 0 Å². The Bertz CT molecular complexity index is 725. The van der Waals surface area contributed by atoms with E-state index in [1.54, 1.807) is 24.3 Å². The normalized spacial score (nSPS) is 33.3. The molecule has 0 saturated heterocycles. The lowest BCUT2D eigenvalue weighted by molar-refractivity contribution is -0.128. The zero-order valence-corrected chi connectivity index (χ0v) is 14.9. The number of carbonyl (C=O) groups excluding carboxylic acids is 1. The topological polar surface area (TPSA) is 63.2 Å². The molecule has 5 heteroatoms. The van der Waals surface area contributed by atoms with Crippen LogP contribution in [-0.2, 0) is 14.8 Å². The van der Waals surface area contributed by atoms with Crippen LogP contribution in [0.25, 0.3) is 0 Å². The van der Waals surface area contributed by atoms with Crippen molar-refractivity contribution in [2.45, 2.75) is 51.3 Å². The Balaban J connectivity index is 1.68. The summed E-state index contributed by atoms with van der Waals surface area (Å²) in [5.74, 6) is 0.765. The molecule has 0 aromatic heterocycles. The van der Waals surface area contributed by atoms with E-state index in [1.165, 1.54) is 0 Å². The molecule has 0 aliphatic heterocycles. The molecule has 1 N–H and O–H groups in total. The fourth-order valence-corrected chi connectivity index (χ4v) is 5.51. The first-order valence-corrected chi connectivity index (χ1v) is 9.77. The van der Waals surface area contributed by atoms with Gasteiger partial charge < -0.3 is 0 Å². The second kappa shape index (κ2) is 5.42. The van der Waals surface area contributed by atoms with Crippen LogP contribution in [0.5, 0.6) is 0 Å². The summed E-state index contributed by atoms with van der Waals surface area (Å²) in [5.41, 5.74) is 0.678. The first-order valence-electron chi connectivity index (χ1n) is 8.29.